The van der Waals surface area contributed by atoms with Crippen molar-refractivity contribution in [1.29, 1.82) is 0 Å². The van der Waals surface area contributed by atoms with Crippen molar-refractivity contribution >= 4 is 30.0 Å². The molecule has 0 atom stereocenters. The Labute approximate surface area is 251 Å². The average Bonchev–Trinajstić information content (AvgIpc) is 3.85. The Hall–Kier alpha value is -3.35. The number of aromatic nitrogens is 5. The Morgan fingerprint density at radius 2 is 1.88 bits per heavy atom. The van der Waals surface area contributed by atoms with Crippen molar-refractivity contribution in [3.8, 4) is 17.1 Å². The molecule has 4 heterocycles. The topological polar surface area (TPSA) is 127 Å². The number of likely N-dealkylation sites (N-methyl/N-ethyl adjacent to an activating group) is 1. The molecule has 11 nitrogen and oxygen atoms in total. The first-order chi connectivity index (χ1) is 20.5. The van der Waals surface area contributed by atoms with E-state index in [9.17, 15) is 4.79 Å². The third-order valence-electron chi connectivity index (χ3n) is 8.07. The summed E-state index contributed by atoms with van der Waals surface area (Å²) in [5.41, 5.74) is 2.07. The van der Waals surface area contributed by atoms with E-state index in [0.29, 0.717) is 35.8 Å². The first-order valence-corrected chi connectivity index (χ1v) is 15.5. The highest BCUT2D eigenvalue weighted by molar-refractivity contribution is 8.01. The van der Waals surface area contributed by atoms with Crippen LogP contribution in [0, 0.1) is 0 Å². The van der Waals surface area contributed by atoms with E-state index in [2.05, 4.69) is 46.9 Å². The summed E-state index contributed by atoms with van der Waals surface area (Å²) in [5, 5.41) is 3.65. The van der Waals surface area contributed by atoms with Crippen LogP contribution in [0.4, 0.5) is 11.8 Å². The van der Waals surface area contributed by atoms with E-state index >= 15 is 0 Å². The molecule has 3 fully saturated rings. The maximum Gasteiger partial charge on any atom is 0.233 e. The third kappa shape index (κ3) is 7.53. The van der Waals surface area contributed by atoms with Crippen molar-refractivity contribution < 1.29 is 14.3 Å². The smallest absolute Gasteiger partial charge is 0.233 e. The van der Waals surface area contributed by atoms with Gasteiger partial charge in [-0.2, -0.15) is 0 Å². The molecule has 0 radical (unpaired) electrons. The fraction of sp³-hybridized carbons (Fsp3) is 0.533. The van der Waals surface area contributed by atoms with E-state index < -0.39 is 5.41 Å². The van der Waals surface area contributed by atoms with Gasteiger partial charge in [0.15, 0.2) is 0 Å². The molecule has 0 bridgehead atoms. The molecule has 3 aliphatic rings. The van der Waals surface area contributed by atoms with Crippen LogP contribution in [0.15, 0.2) is 43.0 Å². The van der Waals surface area contributed by atoms with Crippen molar-refractivity contribution in [3.63, 3.8) is 0 Å². The van der Waals surface area contributed by atoms with Crippen molar-refractivity contribution in [1.82, 2.24) is 29.8 Å². The molecule has 3 aromatic heterocycles. The van der Waals surface area contributed by atoms with Crippen LogP contribution in [0.25, 0.3) is 11.3 Å². The van der Waals surface area contributed by atoms with E-state index in [4.69, 9.17) is 9.47 Å². The molecule has 0 unspecified atom stereocenters. The van der Waals surface area contributed by atoms with E-state index in [0.717, 1.165) is 68.0 Å². The summed E-state index contributed by atoms with van der Waals surface area (Å²) >= 11 is 1.69. The minimum absolute atomic E-state index is 0.461. The Morgan fingerprint density at radius 1 is 1.07 bits per heavy atom. The van der Waals surface area contributed by atoms with E-state index in [1.165, 1.54) is 12.8 Å². The fourth-order valence-electron chi connectivity index (χ4n) is 5.12. The number of nitrogens with one attached hydrogen (secondary N) is 2. The lowest BCUT2D eigenvalue weighted by molar-refractivity contribution is -0.115. The number of carbonyl (C=O) groups is 1. The summed E-state index contributed by atoms with van der Waals surface area (Å²) in [4.78, 5) is 36.1. The Balaban J connectivity index is 0.000000181. The maximum atomic E-state index is 12.0. The minimum atomic E-state index is -0.461. The lowest BCUT2D eigenvalue weighted by Crippen LogP contribution is -2.53. The quantitative estimate of drug-likeness (QED) is 0.242. The Kier molecular flexibility index (Phi) is 10.2. The number of ether oxygens (including phenoxy) is 2. The molecule has 3 aromatic rings. The van der Waals surface area contributed by atoms with Gasteiger partial charge in [-0.05, 0) is 82.6 Å². The number of hydrogen-bond acceptors (Lipinski definition) is 12. The van der Waals surface area contributed by atoms with E-state index in [1.807, 2.05) is 32.2 Å². The molecule has 2 N–H and O–H groups in total. The zero-order valence-corrected chi connectivity index (χ0v) is 25.3. The Bertz CT molecular complexity index is 1300. The predicted octanol–water partition coefficient (Wildman–Crippen LogP) is 4.39. The molecule has 42 heavy (non-hydrogen) atoms. The van der Waals surface area contributed by atoms with E-state index in [-0.39, 0.29) is 0 Å². The summed E-state index contributed by atoms with van der Waals surface area (Å²) in [5.74, 6) is 1.98. The second-order valence-corrected chi connectivity index (χ2v) is 12.0. The molecule has 2 saturated carbocycles. The third-order valence-corrected chi connectivity index (χ3v) is 9.18. The van der Waals surface area contributed by atoms with Gasteiger partial charge < -0.3 is 19.6 Å². The predicted molar refractivity (Wildman–Crippen MR) is 165 cm³/mol. The molecule has 224 valence electrons. The number of anilines is 2. The van der Waals surface area contributed by atoms with Gasteiger partial charge in [-0.1, -0.05) is 0 Å². The van der Waals surface area contributed by atoms with Crippen LogP contribution in [0.3, 0.4) is 0 Å². The lowest BCUT2D eigenvalue weighted by Gasteiger charge is -2.44. The van der Waals surface area contributed by atoms with Gasteiger partial charge in [0.2, 0.25) is 11.8 Å². The number of rotatable bonds is 11. The number of pyridine rings is 1. The molecule has 1 aliphatic heterocycles. The van der Waals surface area contributed by atoms with Gasteiger partial charge in [-0.15, -0.1) is 0 Å². The number of aldehydes is 1. The summed E-state index contributed by atoms with van der Waals surface area (Å²) in [7, 11) is 4.02. The molecule has 1 saturated heterocycles. The molecule has 0 spiro atoms. The van der Waals surface area contributed by atoms with Crippen molar-refractivity contribution in [3.05, 3.63) is 48.7 Å². The normalized spacial score (nSPS) is 22.0. The first-order valence-electron chi connectivity index (χ1n) is 14.6. The average molecular weight is 593 g/mol. The van der Waals surface area contributed by atoms with Gasteiger partial charge in [0.1, 0.15) is 12.1 Å². The van der Waals surface area contributed by atoms with Crippen LogP contribution in [0.2, 0.25) is 0 Å². The molecular formula is C30H40N8O3S. The number of hydrogen-bond donors (Lipinski definition) is 2. The molecule has 6 rings (SSSR count). The maximum absolute atomic E-state index is 12.0. The number of carbonyl (C=O) groups excluding carboxylic acids is 1. The Morgan fingerprint density at radius 3 is 2.50 bits per heavy atom. The van der Waals surface area contributed by atoms with Crippen LogP contribution in [-0.2, 0) is 14.9 Å². The summed E-state index contributed by atoms with van der Waals surface area (Å²) in [6, 6.07) is 6.82. The molecule has 0 amide bonds. The zero-order chi connectivity index (χ0) is 29.4. The SMILES string of the molecule is CCOc1cncc(-c2ccc(NC)nc2)n1.CN(C1CCC(C=O)(c2ccnc(NSC3CC3)n2)CC1)C1COC1. The summed E-state index contributed by atoms with van der Waals surface area (Å²) < 4.78 is 13.9. The van der Waals surface area contributed by atoms with Crippen molar-refractivity contribution in [2.24, 2.45) is 0 Å². The molecule has 12 heteroatoms. The highest BCUT2D eigenvalue weighted by Crippen LogP contribution is 2.40. The largest absolute Gasteiger partial charge is 0.477 e. The zero-order valence-electron chi connectivity index (χ0n) is 24.5. The van der Waals surface area contributed by atoms with Crippen LogP contribution in [0.5, 0.6) is 5.88 Å². The van der Waals surface area contributed by atoms with Gasteiger partial charge in [0.05, 0.1) is 55.1 Å². The van der Waals surface area contributed by atoms with Crippen molar-refractivity contribution in [2.45, 2.75) is 68.2 Å². The van der Waals surface area contributed by atoms with Crippen LogP contribution in [-0.4, -0.2) is 87.4 Å². The van der Waals surface area contributed by atoms with Crippen LogP contribution < -0.4 is 14.8 Å². The standard InChI is InChI=1S/C18H26N4O2S.C12H14N4O/c1-22(14-10-24-11-14)13-4-7-18(12-23,8-5-13)16-6-9-19-17(20-16)21-25-15-2-3-15;1-3-17-12-8-14-7-10(16-12)9-4-5-11(13-2)15-6-9/h6,9,12-15H,2-5,7-8,10-11H2,1H3,(H,19,20,21);4-8H,3H2,1-2H3,(H,13,15). The van der Waals surface area contributed by atoms with Crippen LogP contribution >= 0.6 is 11.9 Å². The van der Waals surface area contributed by atoms with Gasteiger partial charge in [-0.3, -0.25) is 14.6 Å². The van der Waals surface area contributed by atoms with Gasteiger partial charge in [0, 0.05) is 36.3 Å². The summed E-state index contributed by atoms with van der Waals surface area (Å²) in [6.07, 6.45) is 14.2. The minimum Gasteiger partial charge on any atom is -0.477 e. The van der Waals surface area contributed by atoms with E-state index in [1.54, 1.807) is 36.7 Å². The second-order valence-electron chi connectivity index (χ2n) is 10.9. The lowest BCUT2D eigenvalue weighted by atomic mass is 9.71. The molecular weight excluding hydrogens is 552 g/mol. The van der Waals surface area contributed by atoms with Gasteiger partial charge in [0.25, 0.3) is 0 Å². The first kappa shape index (κ1) is 30.1. The van der Waals surface area contributed by atoms with Gasteiger partial charge in [-0.25, -0.2) is 19.9 Å². The second kappa shape index (κ2) is 14.2. The highest BCUT2D eigenvalue weighted by Gasteiger charge is 2.41. The molecule has 2 aliphatic carbocycles. The fourth-order valence-corrected chi connectivity index (χ4v) is 5.86. The van der Waals surface area contributed by atoms with Crippen molar-refractivity contribution in [2.75, 3.05) is 44.0 Å². The molecule has 0 aromatic carbocycles. The monoisotopic (exact) mass is 592 g/mol. The summed E-state index contributed by atoms with van der Waals surface area (Å²) in [6.45, 7) is 4.17. The number of nitrogens with zero attached hydrogens (tertiary/aromatic N) is 6. The van der Waals surface area contributed by atoms with Crippen LogP contribution in [0.1, 0.15) is 51.1 Å². The highest BCUT2D eigenvalue weighted by atomic mass is 32.2. The van der Waals surface area contributed by atoms with Gasteiger partial charge >= 0.3 is 0 Å².